The Morgan fingerprint density at radius 1 is 1.00 bits per heavy atom. The Balaban J connectivity index is 3.12. The van der Waals surface area contributed by atoms with Gasteiger partial charge in [-0.25, -0.2) is 9.59 Å². The second-order valence-corrected chi connectivity index (χ2v) is 9.96. The third kappa shape index (κ3) is 13.6. The van der Waals surface area contributed by atoms with Crippen molar-refractivity contribution in [1.29, 1.82) is 0 Å². The zero-order chi connectivity index (χ0) is 31.7. The van der Waals surface area contributed by atoms with Crippen LogP contribution >= 0.6 is 0 Å². The number of methoxy groups -OCH3 is 1. The van der Waals surface area contributed by atoms with Crippen LogP contribution in [0.3, 0.4) is 0 Å². The summed E-state index contributed by atoms with van der Waals surface area (Å²) in [5.74, 6) is -2.18. The molecule has 0 unspecified atom stereocenters. The van der Waals surface area contributed by atoms with Crippen LogP contribution in [0.5, 0.6) is 5.75 Å². The van der Waals surface area contributed by atoms with Crippen molar-refractivity contribution < 1.29 is 38.2 Å². The van der Waals surface area contributed by atoms with Gasteiger partial charge in [0.05, 0.1) is 26.9 Å². The second kappa shape index (κ2) is 19.2. The normalized spacial score (nSPS) is 12.3. The Morgan fingerprint density at radius 3 is 2.31 bits per heavy atom. The molecule has 0 fully saturated rings. The topological polar surface area (TPSA) is 216 Å². The number of nitrogens with zero attached hydrogens (tertiary/aromatic N) is 1. The fourth-order valence-electron chi connectivity index (χ4n) is 3.71. The highest BCUT2D eigenvalue weighted by atomic mass is 16.5. The maximum Gasteiger partial charge on any atom is 0.341 e. The molecule has 0 spiro atoms. The van der Waals surface area contributed by atoms with Crippen LogP contribution in [0.2, 0.25) is 0 Å². The van der Waals surface area contributed by atoms with Gasteiger partial charge in [0.2, 0.25) is 17.7 Å². The van der Waals surface area contributed by atoms with Crippen molar-refractivity contribution in [3.8, 4) is 5.75 Å². The van der Waals surface area contributed by atoms with Crippen molar-refractivity contribution in [3.63, 3.8) is 0 Å². The number of primary amides is 1. The summed E-state index contributed by atoms with van der Waals surface area (Å²) in [7, 11) is 4.70. The number of esters is 1. The number of urea groups is 1. The van der Waals surface area contributed by atoms with Gasteiger partial charge in [-0.2, -0.15) is 0 Å². The van der Waals surface area contributed by atoms with Crippen LogP contribution in [-0.2, 0) is 23.9 Å². The van der Waals surface area contributed by atoms with E-state index in [1.807, 2.05) is 0 Å². The van der Waals surface area contributed by atoms with E-state index in [9.17, 15) is 24.0 Å². The molecule has 236 valence electrons. The van der Waals surface area contributed by atoms with Gasteiger partial charge >= 0.3 is 12.0 Å². The maximum absolute atomic E-state index is 13.4. The lowest BCUT2D eigenvalue weighted by Crippen LogP contribution is -2.55. The predicted octanol–water partition coefficient (Wildman–Crippen LogP) is -0.598. The van der Waals surface area contributed by atoms with Crippen molar-refractivity contribution in [1.82, 2.24) is 20.9 Å². The summed E-state index contributed by atoms with van der Waals surface area (Å²) in [6.07, 6.45) is 0.468. The average molecular weight is 596 g/mol. The first-order valence-corrected chi connectivity index (χ1v) is 13.6. The molecule has 0 bridgehead atoms. The zero-order valence-electron chi connectivity index (χ0n) is 25.0. The summed E-state index contributed by atoms with van der Waals surface area (Å²) in [6, 6.07) is 1.75. The molecular weight excluding hydrogens is 550 g/mol. The lowest BCUT2D eigenvalue weighted by atomic mass is 10.0. The maximum atomic E-state index is 13.4. The molecule has 0 saturated carbocycles. The molecule has 0 saturated heterocycles. The summed E-state index contributed by atoms with van der Waals surface area (Å²) in [5, 5.41) is 10.6. The number of ether oxygens (including phenoxy) is 3. The molecule has 1 rings (SSSR count). The third-order valence-electron chi connectivity index (χ3n) is 5.73. The number of rotatable bonds is 19. The van der Waals surface area contributed by atoms with E-state index in [-0.39, 0.29) is 55.9 Å². The van der Waals surface area contributed by atoms with E-state index >= 15 is 0 Å². The van der Waals surface area contributed by atoms with Crippen LogP contribution < -0.4 is 37.5 Å². The number of amides is 5. The highest BCUT2D eigenvalue weighted by Crippen LogP contribution is 2.25. The van der Waals surface area contributed by atoms with Crippen LogP contribution in [0.4, 0.5) is 10.5 Å². The fraction of sp³-hybridized carbons (Fsp3) is 0.593. The van der Waals surface area contributed by atoms with Gasteiger partial charge in [0.25, 0.3) is 0 Å². The first-order chi connectivity index (χ1) is 19.9. The van der Waals surface area contributed by atoms with Crippen LogP contribution in [-0.4, -0.2) is 107 Å². The van der Waals surface area contributed by atoms with Crippen molar-refractivity contribution in [3.05, 3.63) is 23.8 Å². The standard InChI is InChI=1S/C27H45N7O8/c1-17(2)23(33-22(35)16-34(3)4)25(37)32-20(7-6-11-30-27(29)39)24(36)31-18-8-9-19(26(38)40-5)21(15-18)42-14-13-41-12-10-28/h8-9,15,17,20,23H,6-7,10-14,16,28H2,1-5H3,(H,31,36)(H,32,37)(H,33,35)(H3,29,30,39)/t20-,23-/m0/s1. The first-order valence-electron chi connectivity index (χ1n) is 13.6. The average Bonchev–Trinajstić information content (AvgIpc) is 2.92. The molecule has 1 aromatic rings. The monoisotopic (exact) mass is 595 g/mol. The Labute approximate surface area is 246 Å². The van der Waals surface area contributed by atoms with E-state index in [1.54, 1.807) is 32.8 Å². The number of carbonyl (C=O) groups excluding carboxylic acids is 5. The molecule has 0 aliphatic heterocycles. The van der Waals surface area contributed by atoms with E-state index in [0.717, 1.165) is 0 Å². The van der Waals surface area contributed by atoms with Crippen LogP contribution in [0, 0.1) is 5.92 Å². The van der Waals surface area contributed by atoms with E-state index < -0.39 is 35.9 Å². The molecule has 8 N–H and O–H groups in total. The highest BCUT2D eigenvalue weighted by molar-refractivity contribution is 5.99. The van der Waals surface area contributed by atoms with Gasteiger partial charge in [0, 0.05) is 24.8 Å². The van der Waals surface area contributed by atoms with E-state index in [0.29, 0.717) is 25.3 Å². The molecule has 0 aromatic heterocycles. The predicted molar refractivity (Wildman–Crippen MR) is 156 cm³/mol. The van der Waals surface area contributed by atoms with Crippen LogP contribution in [0.1, 0.15) is 37.0 Å². The minimum Gasteiger partial charge on any atom is -0.490 e. The first kappa shape index (κ1) is 36.1. The second-order valence-electron chi connectivity index (χ2n) is 9.96. The number of hydrogen-bond acceptors (Lipinski definition) is 10. The number of anilines is 1. The van der Waals surface area contributed by atoms with Crippen LogP contribution in [0.25, 0.3) is 0 Å². The van der Waals surface area contributed by atoms with E-state index in [1.165, 1.54) is 25.3 Å². The fourth-order valence-corrected chi connectivity index (χ4v) is 3.71. The number of nitrogens with two attached hydrogens (primary N) is 2. The summed E-state index contributed by atoms with van der Waals surface area (Å²) in [5.41, 5.74) is 11.0. The molecule has 15 nitrogen and oxygen atoms in total. The SMILES string of the molecule is COC(=O)c1ccc(NC(=O)[C@H](CCCNC(N)=O)NC(=O)[C@@H](NC(=O)CN(C)C)C(C)C)cc1OCCOCCN. The number of likely N-dealkylation sites (N-methyl/N-ethyl adjacent to an activating group) is 1. The van der Waals surface area contributed by atoms with Gasteiger partial charge in [-0.15, -0.1) is 0 Å². The van der Waals surface area contributed by atoms with Crippen LogP contribution in [0.15, 0.2) is 18.2 Å². The zero-order valence-corrected chi connectivity index (χ0v) is 25.0. The molecule has 0 aliphatic carbocycles. The molecular formula is C27H45N7O8. The summed E-state index contributed by atoms with van der Waals surface area (Å²) in [6.45, 7) is 4.86. The van der Waals surface area contributed by atoms with Crippen molar-refractivity contribution in [2.24, 2.45) is 17.4 Å². The largest absolute Gasteiger partial charge is 0.490 e. The number of hydrogen-bond donors (Lipinski definition) is 6. The minimum absolute atomic E-state index is 0.0876. The van der Waals surface area contributed by atoms with Gasteiger partial charge in [-0.1, -0.05) is 13.8 Å². The van der Waals surface area contributed by atoms with Crippen molar-refractivity contribution in [2.75, 3.05) is 66.0 Å². The number of benzene rings is 1. The minimum atomic E-state index is -1.03. The van der Waals surface area contributed by atoms with E-state index in [2.05, 4.69) is 21.3 Å². The lowest BCUT2D eigenvalue weighted by molar-refractivity contribution is -0.132. The highest BCUT2D eigenvalue weighted by Gasteiger charge is 2.29. The summed E-state index contributed by atoms with van der Waals surface area (Å²) in [4.78, 5) is 63.9. The molecule has 2 atom stereocenters. The van der Waals surface area contributed by atoms with Crippen molar-refractivity contribution >= 4 is 35.4 Å². The summed E-state index contributed by atoms with van der Waals surface area (Å²) >= 11 is 0. The van der Waals surface area contributed by atoms with E-state index in [4.69, 9.17) is 25.7 Å². The lowest BCUT2D eigenvalue weighted by Gasteiger charge is -2.26. The van der Waals surface area contributed by atoms with Gasteiger partial charge < -0.3 is 51.8 Å². The number of nitrogens with one attached hydrogen (secondary N) is 4. The van der Waals surface area contributed by atoms with Gasteiger partial charge in [0.1, 0.15) is 30.0 Å². The third-order valence-corrected chi connectivity index (χ3v) is 5.73. The molecule has 15 heteroatoms. The Morgan fingerprint density at radius 2 is 1.71 bits per heavy atom. The summed E-state index contributed by atoms with van der Waals surface area (Å²) < 4.78 is 15.8. The van der Waals surface area contributed by atoms with Gasteiger partial charge in [0.15, 0.2) is 0 Å². The Hall–Kier alpha value is -3.95. The molecule has 0 radical (unpaired) electrons. The van der Waals surface area contributed by atoms with Gasteiger partial charge in [-0.3, -0.25) is 14.4 Å². The van der Waals surface area contributed by atoms with Crippen molar-refractivity contribution in [2.45, 2.75) is 38.8 Å². The van der Waals surface area contributed by atoms with Gasteiger partial charge in [-0.05, 0) is 45.0 Å². The molecule has 5 amide bonds. The molecule has 0 heterocycles. The molecule has 1 aromatic carbocycles. The molecule has 0 aliphatic rings. The quantitative estimate of drug-likeness (QED) is 0.0882. The Kier molecular flexibility index (Phi) is 16.5. The molecule has 42 heavy (non-hydrogen) atoms. The Bertz CT molecular complexity index is 1050. The number of carbonyl (C=O) groups is 5. The smallest absolute Gasteiger partial charge is 0.341 e.